The van der Waals surface area contributed by atoms with Crippen molar-refractivity contribution in [3.63, 3.8) is 0 Å². The number of nitrogens with zero attached hydrogens (tertiary/aromatic N) is 2. The minimum atomic E-state index is -0.190. The first-order valence-electron chi connectivity index (χ1n) is 7.99. The van der Waals surface area contributed by atoms with Crippen molar-refractivity contribution in [3.05, 3.63) is 47.4 Å². The number of aryl methyl sites for hydroxylation is 1. The van der Waals surface area contributed by atoms with Crippen molar-refractivity contribution in [1.29, 1.82) is 0 Å². The summed E-state index contributed by atoms with van der Waals surface area (Å²) in [5, 5.41) is 6.12. The molecule has 5 nitrogen and oxygen atoms in total. The largest absolute Gasteiger partial charge is 0.351 e. The van der Waals surface area contributed by atoms with E-state index in [-0.39, 0.29) is 5.91 Å². The second-order valence-electron chi connectivity index (χ2n) is 5.86. The van der Waals surface area contributed by atoms with Crippen LogP contribution in [0.3, 0.4) is 0 Å². The van der Waals surface area contributed by atoms with E-state index < -0.39 is 0 Å². The highest BCUT2D eigenvalue weighted by atomic mass is 16.1. The van der Waals surface area contributed by atoms with Crippen molar-refractivity contribution in [1.82, 2.24) is 15.3 Å². The Balaban J connectivity index is 2.17. The van der Waals surface area contributed by atoms with Crippen LogP contribution >= 0.6 is 0 Å². The molecule has 2 N–H and O–H groups in total. The molecule has 0 aliphatic carbocycles. The van der Waals surface area contributed by atoms with Crippen molar-refractivity contribution in [2.24, 2.45) is 0 Å². The van der Waals surface area contributed by atoms with Crippen LogP contribution < -0.4 is 10.6 Å². The van der Waals surface area contributed by atoms with Gasteiger partial charge in [-0.2, -0.15) is 0 Å². The molecule has 0 bridgehead atoms. The number of hydrogen-bond donors (Lipinski definition) is 2. The standard InChI is InChI=1S/C18H24N4O/c1-5-9-19-18(23)15-10-21-16(11-20-15)22-17-13(4)7-6-8-14(17)12(2)3/h6-8,10-12H,5,9H2,1-4H3,(H,19,23)(H,21,22). The number of para-hydroxylation sites is 1. The zero-order chi connectivity index (χ0) is 16.8. The Kier molecular flexibility index (Phi) is 5.68. The molecule has 23 heavy (non-hydrogen) atoms. The van der Waals surface area contributed by atoms with Crippen LogP contribution in [-0.4, -0.2) is 22.4 Å². The van der Waals surface area contributed by atoms with Crippen LogP contribution in [0.2, 0.25) is 0 Å². The third-order valence-electron chi connectivity index (χ3n) is 3.60. The fourth-order valence-corrected chi connectivity index (χ4v) is 2.31. The lowest BCUT2D eigenvalue weighted by molar-refractivity contribution is 0.0948. The molecular formula is C18H24N4O. The predicted molar refractivity (Wildman–Crippen MR) is 93.2 cm³/mol. The summed E-state index contributed by atoms with van der Waals surface area (Å²) in [6, 6.07) is 6.23. The summed E-state index contributed by atoms with van der Waals surface area (Å²) in [6.07, 6.45) is 3.99. The minimum Gasteiger partial charge on any atom is -0.351 e. The highest BCUT2D eigenvalue weighted by molar-refractivity contribution is 5.92. The summed E-state index contributed by atoms with van der Waals surface area (Å²) in [7, 11) is 0. The van der Waals surface area contributed by atoms with Gasteiger partial charge in [0.1, 0.15) is 11.5 Å². The smallest absolute Gasteiger partial charge is 0.271 e. The molecular weight excluding hydrogens is 288 g/mol. The Labute approximate surface area is 137 Å². The van der Waals surface area contributed by atoms with Gasteiger partial charge in [0.15, 0.2) is 0 Å². The molecule has 0 saturated carbocycles. The number of rotatable bonds is 6. The van der Waals surface area contributed by atoms with Gasteiger partial charge in [0.25, 0.3) is 5.91 Å². The number of carbonyl (C=O) groups excluding carboxylic acids is 1. The molecule has 0 spiro atoms. The minimum absolute atomic E-state index is 0.190. The quantitative estimate of drug-likeness (QED) is 0.851. The molecule has 0 atom stereocenters. The topological polar surface area (TPSA) is 66.9 Å². The normalized spacial score (nSPS) is 10.7. The van der Waals surface area contributed by atoms with Gasteiger partial charge in [-0.25, -0.2) is 9.97 Å². The van der Waals surface area contributed by atoms with Crippen molar-refractivity contribution in [2.45, 2.75) is 40.0 Å². The zero-order valence-electron chi connectivity index (χ0n) is 14.2. The zero-order valence-corrected chi connectivity index (χ0v) is 14.2. The maximum Gasteiger partial charge on any atom is 0.271 e. The number of carbonyl (C=O) groups is 1. The van der Waals surface area contributed by atoms with E-state index in [0.29, 0.717) is 24.0 Å². The molecule has 2 aromatic rings. The fourth-order valence-electron chi connectivity index (χ4n) is 2.31. The molecule has 0 saturated heterocycles. The highest BCUT2D eigenvalue weighted by Gasteiger charge is 2.11. The highest BCUT2D eigenvalue weighted by Crippen LogP contribution is 2.29. The van der Waals surface area contributed by atoms with Crippen LogP contribution in [0.4, 0.5) is 11.5 Å². The molecule has 122 valence electrons. The average Bonchev–Trinajstić information content (AvgIpc) is 2.55. The van der Waals surface area contributed by atoms with Crippen LogP contribution in [0.5, 0.6) is 0 Å². The first-order chi connectivity index (χ1) is 11.0. The van der Waals surface area contributed by atoms with E-state index >= 15 is 0 Å². The van der Waals surface area contributed by atoms with E-state index in [1.54, 1.807) is 6.20 Å². The Bertz CT molecular complexity index is 665. The SMILES string of the molecule is CCCNC(=O)c1cnc(Nc2c(C)cccc2C(C)C)cn1. The lowest BCUT2D eigenvalue weighted by atomic mass is 9.98. The lowest BCUT2D eigenvalue weighted by Crippen LogP contribution is -2.25. The summed E-state index contributed by atoms with van der Waals surface area (Å²) in [5.41, 5.74) is 3.78. The van der Waals surface area contributed by atoms with Crippen LogP contribution in [0.25, 0.3) is 0 Å². The number of anilines is 2. The van der Waals surface area contributed by atoms with Crippen molar-refractivity contribution < 1.29 is 4.79 Å². The van der Waals surface area contributed by atoms with Crippen LogP contribution in [0, 0.1) is 6.92 Å². The third kappa shape index (κ3) is 4.28. The van der Waals surface area contributed by atoms with Gasteiger partial charge < -0.3 is 10.6 Å². The Morgan fingerprint density at radius 1 is 1.22 bits per heavy atom. The maximum absolute atomic E-state index is 11.8. The van der Waals surface area contributed by atoms with Gasteiger partial charge in [-0.15, -0.1) is 0 Å². The molecule has 0 fully saturated rings. The van der Waals surface area contributed by atoms with Crippen LogP contribution in [0.15, 0.2) is 30.6 Å². The molecule has 2 rings (SSSR count). The predicted octanol–water partition coefficient (Wildman–Crippen LogP) is 3.79. The van der Waals surface area contributed by atoms with E-state index in [1.165, 1.54) is 11.8 Å². The monoisotopic (exact) mass is 312 g/mol. The number of aromatic nitrogens is 2. The Hall–Kier alpha value is -2.43. The summed E-state index contributed by atoms with van der Waals surface area (Å²) >= 11 is 0. The van der Waals surface area contributed by atoms with E-state index in [2.05, 4.69) is 59.6 Å². The molecule has 0 unspecified atom stereocenters. The van der Waals surface area contributed by atoms with Crippen molar-refractivity contribution in [3.8, 4) is 0 Å². The van der Waals surface area contributed by atoms with E-state index in [1.807, 2.05) is 6.92 Å². The summed E-state index contributed by atoms with van der Waals surface area (Å²) in [4.78, 5) is 20.3. The third-order valence-corrected chi connectivity index (χ3v) is 3.60. The molecule has 5 heteroatoms. The van der Waals surface area contributed by atoms with E-state index in [4.69, 9.17) is 0 Å². The number of hydrogen-bond acceptors (Lipinski definition) is 4. The first-order valence-corrected chi connectivity index (χ1v) is 7.99. The Morgan fingerprint density at radius 3 is 2.61 bits per heavy atom. The second kappa shape index (κ2) is 7.72. The molecule has 1 aromatic carbocycles. The fraction of sp³-hybridized carbons (Fsp3) is 0.389. The van der Waals surface area contributed by atoms with Gasteiger partial charge in [-0.05, 0) is 30.4 Å². The summed E-state index contributed by atoms with van der Waals surface area (Å²) in [5.74, 6) is 0.849. The van der Waals surface area contributed by atoms with Gasteiger partial charge in [0, 0.05) is 12.2 Å². The molecule has 1 heterocycles. The molecule has 1 aromatic heterocycles. The Morgan fingerprint density at radius 2 is 2.00 bits per heavy atom. The average molecular weight is 312 g/mol. The van der Waals surface area contributed by atoms with Gasteiger partial charge in [0.2, 0.25) is 0 Å². The summed E-state index contributed by atoms with van der Waals surface area (Å²) < 4.78 is 0. The maximum atomic E-state index is 11.8. The van der Waals surface area contributed by atoms with Gasteiger partial charge >= 0.3 is 0 Å². The van der Waals surface area contributed by atoms with Gasteiger partial charge in [-0.1, -0.05) is 39.0 Å². The molecule has 0 aliphatic rings. The number of nitrogens with one attached hydrogen (secondary N) is 2. The first kappa shape index (κ1) is 16.9. The second-order valence-corrected chi connectivity index (χ2v) is 5.86. The molecule has 1 amide bonds. The van der Waals surface area contributed by atoms with Crippen molar-refractivity contribution >= 4 is 17.4 Å². The molecule has 0 aliphatic heterocycles. The summed E-state index contributed by atoms with van der Waals surface area (Å²) in [6.45, 7) is 9.03. The lowest BCUT2D eigenvalue weighted by Gasteiger charge is -2.16. The molecule has 0 radical (unpaired) electrons. The van der Waals surface area contributed by atoms with E-state index in [0.717, 1.165) is 17.7 Å². The van der Waals surface area contributed by atoms with Gasteiger partial charge in [0.05, 0.1) is 12.4 Å². The number of amides is 1. The van der Waals surface area contributed by atoms with Crippen molar-refractivity contribution in [2.75, 3.05) is 11.9 Å². The number of benzene rings is 1. The van der Waals surface area contributed by atoms with E-state index in [9.17, 15) is 4.79 Å². The van der Waals surface area contributed by atoms with Gasteiger partial charge in [-0.3, -0.25) is 4.79 Å². The van der Waals surface area contributed by atoms with Crippen LogP contribution in [0.1, 0.15) is 54.7 Å². The van der Waals surface area contributed by atoms with Crippen LogP contribution in [-0.2, 0) is 0 Å².